The number of carbonyl (C=O) groups excluding carboxylic acids is 3. The number of nitrogens with one attached hydrogen (secondary N) is 1. The minimum absolute atomic E-state index is 0.0606. The standard InChI is InChI=1S/C19H18N2O6S/c1-12(22)20-10-13-6-7-17(28-13)15(23)11-26-18(24)8-9-21-14-4-2-3-5-16(14)27-19(21)25/h2-7H,8-11H2,1H3,(H,20,22). The zero-order valence-corrected chi connectivity index (χ0v) is 15.9. The van der Waals surface area contributed by atoms with Gasteiger partial charge in [0, 0.05) is 18.3 Å². The Morgan fingerprint density at radius 3 is 2.75 bits per heavy atom. The van der Waals surface area contributed by atoms with E-state index in [1.807, 2.05) is 0 Å². The van der Waals surface area contributed by atoms with Crippen LogP contribution in [0.5, 0.6) is 0 Å². The highest BCUT2D eigenvalue weighted by atomic mass is 32.1. The molecule has 0 spiro atoms. The topological polar surface area (TPSA) is 108 Å². The molecule has 2 aromatic heterocycles. The van der Waals surface area contributed by atoms with Gasteiger partial charge in [-0.2, -0.15) is 0 Å². The van der Waals surface area contributed by atoms with Gasteiger partial charge in [0.05, 0.1) is 23.4 Å². The molecule has 8 nitrogen and oxygen atoms in total. The number of aryl methyl sites for hydroxylation is 1. The van der Waals surface area contributed by atoms with Gasteiger partial charge in [0.25, 0.3) is 0 Å². The highest BCUT2D eigenvalue weighted by molar-refractivity contribution is 7.14. The highest BCUT2D eigenvalue weighted by Crippen LogP contribution is 2.17. The number of benzene rings is 1. The van der Waals surface area contributed by atoms with Crippen molar-refractivity contribution in [3.8, 4) is 0 Å². The average molecular weight is 402 g/mol. The van der Waals surface area contributed by atoms with Crippen LogP contribution in [0.1, 0.15) is 27.9 Å². The van der Waals surface area contributed by atoms with Crippen LogP contribution in [-0.4, -0.2) is 28.8 Å². The number of oxazole rings is 1. The fourth-order valence-electron chi connectivity index (χ4n) is 2.55. The molecule has 0 atom stereocenters. The number of Topliss-reactive ketones (excluding diaryl/α,β-unsaturated/α-hetero) is 1. The third-order valence-electron chi connectivity index (χ3n) is 3.93. The lowest BCUT2D eigenvalue weighted by molar-refractivity contribution is -0.142. The molecule has 0 saturated carbocycles. The van der Waals surface area contributed by atoms with Crippen molar-refractivity contribution in [3.63, 3.8) is 0 Å². The number of fused-ring (bicyclic) bond motifs is 1. The van der Waals surface area contributed by atoms with E-state index < -0.39 is 11.7 Å². The molecule has 0 bridgehead atoms. The van der Waals surface area contributed by atoms with E-state index in [1.165, 1.54) is 22.8 Å². The number of para-hydroxylation sites is 2. The van der Waals surface area contributed by atoms with Crippen molar-refractivity contribution in [2.75, 3.05) is 6.61 Å². The van der Waals surface area contributed by atoms with Gasteiger partial charge in [-0.05, 0) is 24.3 Å². The molecule has 0 saturated heterocycles. The van der Waals surface area contributed by atoms with Crippen LogP contribution in [-0.2, 0) is 27.4 Å². The number of esters is 1. The lowest BCUT2D eigenvalue weighted by Gasteiger charge is -2.04. The maximum Gasteiger partial charge on any atom is 0.419 e. The van der Waals surface area contributed by atoms with Gasteiger partial charge >= 0.3 is 11.7 Å². The quantitative estimate of drug-likeness (QED) is 0.457. The van der Waals surface area contributed by atoms with Gasteiger partial charge in [-0.25, -0.2) is 4.79 Å². The van der Waals surface area contributed by atoms with Crippen LogP contribution in [0.4, 0.5) is 0 Å². The first-order valence-electron chi connectivity index (χ1n) is 8.54. The summed E-state index contributed by atoms with van der Waals surface area (Å²) in [6.45, 7) is 1.49. The third kappa shape index (κ3) is 4.74. The number of nitrogens with zero attached hydrogens (tertiary/aromatic N) is 1. The van der Waals surface area contributed by atoms with Crippen molar-refractivity contribution in [2.24, 2.45) is 0 Å². The van der Waals surface area contributed by atoms with E-state index in [9.17, 15) is 19.2 Å². The minimum atomic E-state index is -0.583. The van der Waals surface area contributed by atoms with Crippen molar-refractivity contribution >= 4 is 40.1 Å². The Hall–Kier alpha value is -3.20. The molecule has 0 fully saturated rings. The Kier molecular flexibility index (Phi) is 6.05. The molecular weight excluding hydrogens is 384 g/mol. The van der Waals surface area contributed by atoms with Gasteiger partial charge in [0.1, 0.15) is 0 Å². The molecule has 1 amide bonds. The predicted octanol–water partition coefficient (Wildman–Crippen LogP) is 2.11. The number of ketones is 1. The Labute approximate surface area is 163 Å². The predicted molar refractivity (Wildman–Crippen MR) is 102 cm³/mol. The molecule has 0 unspecified atom stereocenters. The first-order valence-corrected chi connectivity index (χ1v) is 9.36. The number of thiophene rings is 1. The second kappa shape index (κ2) is 8.66. The fourth-order valence-corrected chi connectivity index (χ4v) is 3.42. The molecule has 28 heavy (non-hydrogen) atoms. The van der Waals surface area contributed by atoms with Crippen LogP contribution in [0.15, 0.2) is 45.6 Å². The minimum Gasteiger partial charge on any atom is -0.457 e. The summed E-state index contributed by atoms with van der Waals surface area (Å²) in [5.74, 6) is -1.60. The number of rotatable bonds is 8. The Morgan fingerprint density at radius 2 is 1.96 bits per heavy atom. The molecule has 0 aliphatic heterocycles. The molecule has 1 aromatic carbocycles. The lowest BCUT2D eigenvalue weighted by Crippen LogP contribution is -2.19. The number of amides is 1. The van der Waals surface area contributed by atoms with E-state index in [-0.39, 0.29) is 31.3 Å². The normalized spacial score (nSPS) is 10.8. The van der Waals surface area contributed by atoms with E-state index >= 15 is 0 Å². The number of hydrogen-bond donors (Lipinski definition) is 1. The molecule has 3 rings (SSSR count). The van der Waals surface area contributed by atoms with Crippen LogP contribution in [0.25, 0.3) is 11.1 Å². The zero-order chi connectivity index (χ0) is 20.1. The molecule has 0 radical (unpaired) electrons. The second-order valence-electron chi connectivity index (χ2n) is 6.00. The van der Waals surface area contributed by atoms with Crippen molar-refractivity contribution in [1.29, 1.82) is 0 Å². The first-order chi connectivity index (χ1) is 13.4. The number of aromatic nitrogens is 1. The van der Waals surface area contributed by atoms with E-state index in [1.54, 1.807) is 36.4 Å². The molecule has 146 valence electrons. The Morgan fingerprint density at radius 1 is 1.18 bits per heavy atom. The summed E-state index contributed by atoms with van der Waals surface area (Å²) in [7, 11) is 0. The molecular formula is C19H18N2O6S. The molecule has 2 heterocycles. The maximum atomic E-state index is 12.1. The van der Waals surface area contributed by atoms with Crippen LogP contribution in [0.3, 0.4) is 0 Å². The smallest absolute Gasteiger partial charge is 0.419 e. The van der Waals surface area contributed by atoms with Gasteiger partial charge < -0.3 is 14.5 Å². The van der Waals surface area contributed by atoms with Gasteiger partial charge in [-0.15, -0.1) is 11.3 Å². The van der Waals surface area contributed by atoms with E-state index in [0.717, 1.165) is 4.88 Å². The van der Waals surface area contributed by atoms with Gasteiger partial charge in [0.2, 0.25) is 11.7 Å². The fraction of sp³-hybridized carbons (Fsp3) is 0.263. The van der Waals surface area contributed by atoms with Crippen LogP contribution < -0.4 is 11.1 Å². The summed E-state index contributed by atoms with van der Waals surface area (Å²) in [6, 6.07) is 10.3. The maximum absolute atomic E-state index is 12.1. The van der Waals surface area contributed by atoms with Crippen LogP contribution in [0, 0.1) is 0 Å². The second-order valence-corrected chi connectivity index (χ2v) is 7.17. The van der Waals surface area contributed by atoms with Crippen molar-refractivity contribution in [3.05, 3.63) is 56.7 Å². The van der Waals surface area contributed by atoms with Gasteiger partial charge in [-0.1, -0.05) is 12.1 Å². The van der Waals surface area contributed by atoms with Crippen LogP contribution >= 0.6 is 11.3 Å². The highest BCUT2D eigenvalue weighted by Gasteiger charge is 2.14. The number of hydrogen-bond acceptors (Lipinski definition) is 7. The molecule has 3 aromatic rings. The summed E-state index contributed by atoms with van der Waals surface area (Å²) >= 11 is 1.24. The van der Waals surface area contributed by atoms with Crippen LogP contribution in [0.2, 0.25) is 0 Å². The lowest BCUT2D eigenvalue weighted by atomic mass is 10.3. The van der Waals surface area contributed by atoms with Crippen molar-refractivity contribution < 1.29 is 23.5 Å². The number of ether oxygens (including phenoxy) is 1. The largest absolute Gasteiger partial charge is 0.457 e. The average Bonchev–Trinajstić information content (AvgIpc) is 3.26. The zero-order valence-electron chi connectivity index (χ0n) is 15.1. The van der Waals surface area contributed by atoms with E-state index in [0.29, 0.717) is 22.5 Å². The molecule has 9 heteroatoms. The number of carbonyl (C=O) groups is 3. The van der Waals surface area contributed by atoms with Crippen molar-refractivity contribution in [1.82, 2.24) is 9.88 Å². The first kappa shape index (κ1) is 19.6. The summed E-state index contributed by atoms with van der Waals surface area (Å²) in [4.78, 5) is 48.1. The summed E-state index contributed by atoms with van der Waals surface area (Å²) in [5.41, 5.74) is 1.05. The Balaban J connectivity index is 1.50. The van der Waals surface area contributed by atoms with E-state index in [4.69, 9.17) is 9.15 Å². The molecule has 0 aliphatic carbocycles. The summed E-state index contributed by atoms with van der Waals surface area (Å²) in [5, 5.41) is 2.65. The monoisotopic (exact) mass is 402 g/mol. The van der Waals surface area contributed by atoms with E-state index in [2.05, 4.69) is 5.32 Å². The molecule has 0 aliphatic rings. The van der Waals surface area contributed by atoms with Crippen molar-refractivity contribution in [2.45, 2.75) is 26.4 Å². The molecule has 1 N–H and O–H groups in total. The summed E-state index contributed by atoms with van der Waals surface area (Å²) in [6.07, 6.45) is -0.0606. The van der Waals surface area contributed by atoms with Gasteiger partial charge in [-0.3, -0.25) is 19.0 Å². The Bertz CT molecular complexity index is 1080. The third-order valence-corrected chi connectivity index (χ3v) is 5.05. The van der Waals surface area contributed by atoms with Gasteiger partial charge in [0.15, 0.2) is 12.2 Å². The summed E-state index contributed by atoms with van der Waals surface area (Å²) < 4.78 is 11.5. The SMILES string of the molecule is CC(=O)NCc1ccc(C(=O)COC(=O)CCn2c(=O)oc3ccccc32)s1.